The Morgan fingerprint density at radius 1 is 1.08 bits per heavy atom. The van der Waals surface area contributed by atoms with Gasteiger partial charge in [-0.05, 0) is 44.9 Å². The zero-order valence-corrected chi connectivity index (χ0v) is 15.6. The van der Waals surface area contributed by atoms with Crippen LogP contribution in [-0.4, -0.2) is 24.3 Å². The first kappa shape index (κ1) is 23.8. The van der Waals surface area contributed by atoms with Crippen molar-refractivity contribution in [2.75, 3.05) is 5.32 Å². The van der Waals surface area contributed by atoms with Gasteiger partial charge in [0.05, 0.1) is 11.7 Å². The van der Waals surface area contributed by atoms with E-state index in [0.29, 0.717) is 6.42 Å². The van der Waals surface area contributed by atoms with Crippen LogP contribution in [-0.2, 0) is 20.4 Å². The Bertz CT molecular complexity index is 576. The summed E-state index contributed by atoms with van der Waals surface area (Å²) >= 11 is 0. The van der Waals surface area contributed by atoms with Crippen LogP contribution in [0.1, 0.15) is 53.0 Å². The van der Waals surface area contributed by atoms with E-state index in [-0.39, 0.29) is 23.9 Å². The summed E-state index contributed by atoms with van der Waals surface area (Å²) in [5.41, 5.74) is -0.762. The number of hydrogen-bond acceptors (Lipinski definition) is 4. The Hall–Kier alpha value is -2.25. The number of benzene rings is 1. The van der Waals surface area contributed by atoms with Gasteiger partial charge in [0.25, 0.3) is 0 Å². The van der Waals surface area contributed by atoms with E-state index in [2.05, 4.69) is 5.32 Å². The van der Waals surface area contributed by atoms with Gasteiger partial charge >= 0.3 is 18.2 Å². The van der Waals surface area contributed by atoms with Crippen LogP contribution in [0.25, 0.3) is 0 Å². The average molecular weight is 377 g/mol. The van der Waals surface area contributed by atoms with Crippen molar-refractivity contribution in [3.05, 3.63) is 29.8 Å². The normalized spacial score (nSPS) is 12.9. The van der Waals surface area contributed by atoms with E-state index in [1.165, 1.54) is 19.1 Å². The number of esters is 1. The number of hydrogen-bond donors (Lipinski definition) is 1. The Kier molecular flexibility index (Phi) is 10.4. The summed E-state index contributed by atoms with van der Waals surface area (Å²) in [5, 5.41) is 2.26. The minimum atomic E-state index is -4.43. The Morgan fingerprint density at radius 2 is 1.62 bits per heavy atom. The Labute approximate surface area is 151 Å². The molecule has 2 unspecified atom stereocenters. The standard InChI is InChI=1S/C12H14F3NO2.C6H12O2/c1-3-8(2)18-11(17)16-10-6-4-5-9(7-10)12(13,14)15;1-4-5(2)8-6(3)7/h4-8H,3H2,1-2H3,(H,16,17);5H,4H2,1-3H3. The molecule has 1 rings (SSSR count). The van der Waals surface area contributed by atoms with Gasteiger partial charge in [0.1, 0.15) is 6.10 Å². The lowest BCUT2D eigenvalue weighted by Crippen LogP contribution is -2.19. The average Bonchev–Trinajstić information content (AvgIpc) is 2.54. The molecule has 148 valence electrons. The molecule has 0 saturated carbocycles. The molecule has 8 heteroatoms. The fourth-order valence-electron chi connectivity index (χ4n) is 1.55. The number of carbonyl (C=O) groups is 2. The molecule has 26 heavy (non-hydrogen) atoms. The number of halogens is 3. The van der Waals surface area contributed by atoms with Crippen molar-refractivity contribution >= 4 is 17.7 Å². The van der Waals surface area contributed by atoms with E-state index < -0.39 is 17.8 Å². The molecule has 2 atom stereocenters. The zero-order chi connectivity index (χ0) is 20.3. The smallest absolute Gasteiger partial charge is 0.416 e. The monoisotopic (exact) mass is 377 g/mol. The molecule has 0 spiro atoms. The van der Waals surface area contributed by atoms with Crippen LogP contribution in [0.4, 0.5) is 23.7 Å². The number of nitrogens with one attached hydrogen (secondary N) is 1. The largest absolute Gasteiger partial charge is 0.463 e. The van der Waals surface area contributed by atoms with Crippen LogP contribution in [0.15, 0.2) is 24.3 Å². The summed E-state index contributed by atoms with van der Waals surface area (Å²) in [6, 6.07) is 4.39. The molecule has 1 aromatic rings. The molecule has 1 amide bonds. The Morgan fingerprint density at radius 3 is 2.04 bits per heavy atom. The molecule has 0 bridgehead atoms. The van der Waals surface area contributed by atoms with Gasteiger partial charge < -0.3 is 9.47 Å². The van der Waals surface area contributed by atoms with Crippen molar-refractivity contribution in [2.45, 2.75) is 65.8 Å². The van der Waals surface area contributed by atoms with Crippen molar-refractivity contribution in [1.82, 2.24) is 0 Å². The molecular weight excluding hydrogens is 351 g/mol. The second kappa shape index (κ2) is 11.4. The highest BCUT2D eigenvalue weighted by molar-refractivity contribution is 5.84. The lowest BCUT2D eigenvalue weighted by molar-refractivity contribution is -0.145. The van der Waals surface area contributed by atoms with Gasteiger partial charge in [-0.1, -0.05) is 19.9 Å². The van der Waals surface area contributed by atoms with Crippen molar-refractivity contribution in [1.29, 1.82) is 0 Å². The fourth-order valence-corrected chi connectivity index (χ4v) is 1.55. The predicted octanol–water partition coefficient (Wildman–Crippen LogP) is 5.40. The quantitative estimate of drug-likeness (QED) is 0.698. The molecular formula is C18H26F3NO4. The molecule has 0 aromatic heterocycles. The van der Waals surface area contributed by atoms with Crippen LogP contribution in [0.2, 0.25) is 0 Å². The van der Waals surface area contributed by atoms with E-state index in [1.54, 1.807) is 6.92 Å². The van der Waals surface area contributed by atoms with E-state index in [4.69, 9.17) is 9.47 Å². The Balaban J connectivity index is 0.000000660. The number of carbonyl (C=O) groups excluding carboxylic acids is 2. The van der Waals surface area contributed by atoms with Crippen molar-refractivity contribution in [3.63, 3.8) is 0 Å². The maximum atomic E-state index is 12.4. The highest BCUT2D eigenvalue weighted by Gasteiger charge is 2.30. The maximum absolute atomic E-state index is 12.4. The van der Waals surface area contributed by atoms with Gasteiger partial charge in [0.15, 0.2) is 0 Å². The summed E-state index contributed by atoms with van der Waals surface area (Å²) in [7, 11) is 0. The maximum Gasteiger partial charge on any atom is 0.416 e. The number of amides is 1. The predicted molar refractivity (Wildman–Crippen MR) is 92.8 cm³/mol. The SMILES string of the molecule is CCC(C)OC(=O)Nc1cccc(C(F)(F)F)c1.CCC(C)OC(C)=O. The van der Waals surface area contributed by atoms with Gasteiger partial charge in [0.2, 0.25) is 0 Å². The first-order valence-corrected chi connectivity index (χ1v) is 8.31. The van der Waals surface area contributed by atoms with Crippen LogP contribution in [0.3, 0.4) is 0 Å². The van der Waals surface area contributed by atoms with E-state index in [9.17, 15) is 22.8 Å². The first-order valence-electron chi connectivity index (χ1n) is 8.31. The summed E-state index contributed by atoms with van der Waals surface area (Å²) in [5.74, 6) is -0.195. The fraction of sp³-hybridized carbons (Fsp3) is 0.556. The van der Waals surface area contributed by atoms with E-state index >= 15 is 0 Å². The lowest BCUT2D eigenvalue weighted by atomic mass is 10.2. The molecule has 1 N–H and O–H groups in total. The summed E-state index contributed by atoms with van der Waals surface area (Å²) in [4.78, 5) is 21.5. The minimum Gasteiger partial charge on any atom is -0.463 e. The second-order valence-corrected chi connectivity index (χ2v) is 5.66. The molecule has 1 aromatic carbocycles. The molecule has 0 aliphatic rings. The van der Waals surface area contributed by atoms with E-state index in [0.717, 1.165) is 18.6 Å². The third-order valence-corrected chi connectivity index (χ3v) is 3.26. The zero-order valence-electron chi connectivity index (χ0n) is 15.6. The van der Waals surface area contributed by atoms with Crippen LogP contribution < -0.4 is 5.32 Å². The highest BCUT2D eigenvalue weighted by atomic mass is 19.4. The molecule has 0 aliphatic carbocycles. The van der Waals surface area contributed by atoms with Crippen molar-refractivity contribution in [3.8, 4) is 0 Å². The van der Waals surface area contributed by atoms with Gasteiger partial charge in [-0.3, -0.25) is 10.1 Å². The van der Waals surface area contributed by atoms with Crippen molar-refractivity contribution < 1.29 is 32.2 Å². The van der Waals surface area contributed by atoms with Gasteiger partial charge in [0, 0.05) is 12.6 Å². The number of anilines is 1. The minimum absolute atomic E-state index is 0.0538. The van der Waals surface area contributed by atoms with Gasteiger partial charge in [-0.15, -0.1) is 0 Å². The lowest BCUT2D eigenvalue weighted by Gasteiger charge is -2.13. The van der Waals surface area contributed by atoms with Crippen molar-refractivity contribution in [2.24, 2.45) is 0 Å². The molecule has 0 aliphatic heterocycles. The van der Waals surface area contributed by atoms with Crippen LogP contribution in [0.5, 0.6) is 0 Å². The molecule has 5 nitrogen and oxygen atoms in total. The molecule has 0 heterocycles. The number of ether oxygens (including phenoxy) is 2. The first-order chi connectivity index (χ1) is 12.0. The summed E-state index contributed by atoms with van der Waals surface area (Å²) in [6.07, 6.45) is -3.87. The molecule has 0 saturated heterocycles. The summed E-state index contributed by atoms with van der Waals surface area (Å²) in [6.45, 7) is 8.81. The third kappa shape index (κ3) is 10.6. The number of rotatable bonds is 5. The number of alkyl halides is 3. The van der Waals surface area contributed by atoms with Crippen LogP contribution in [0, 0.1) is 0 Å². The van der Waals surface area contributed by atoms with Crippen LogP contribution >= 0.6 is 0 Å². The summed E-state index contributed by atoms with van der Waals surface area (Å²) < 4.78 is 46.9. The molecule has 0 fully saturated rings. The van der Waals surface area contributed by atoms with Gasteiger partial charge in [-0.25, -0.2) is 4.79 Å². The van der Waals surface area contributed by atoms with Gasteiger partial charge in [-0.2, -0.15) is 13.2 Å². The topological polar surface area (TPSA) is 64.6 Å². The molecule has 0 radical (unpaired) electrons. The third-order valence-electron chi connectivity index (χ3n) is 3.26. The second-order valence-electron chi connectivity index (χ2n) is 5.66. The highest BCUT2D eigenvalue weighted by Crippen LogP contribution is 2.30. The van der Waals surface area contributed by atoms with E-state index in [1.807, 2.05) is 20.8 Å².